The summed E-state index contributed by atoms with van der Waals surface area (Å²) in [4.78, 5) is 29.7. The van der Waals surface area contributed by atoms with Crippen LogP contribution in [0.5, 0.6) is 0 Å². The summed E-state index contributed by atoms with van der Waals surface area (Å²) in [6.07, 6.45) is 1.16. The summed E-state index contributed by atoms with van der Waals surface area (Å²) >= 11 is 0. The van der Waals surface area contributed by atoms with Gasteiger partial charge in [0.05, 0.1) is 18.2 Å². The minimum Gasteiger partial charge on any atom is -0.452 e. The summed E-state index contributed by atoms with van der Waals surface area (Å²) in [7, 11) is 2.94. The van der Waals surface area contributed by atoms with Crippen molar-refractivity contribution in [3.8, 4) is 0 Å². The molecule has 0 saturated heterocycles. The number of rotatable bonds is 3. The van der Waals surface area contributed by atoms with Gasteiger partial charge in [0.1, 0.15) is 0 Å². The Morgan fingerprint density at radius 3 is 2.48 bits per heavy atom. The summed E-state index contributed by atoms with van der Waals surface area (Å²) in [5.41, 5.74) is 2.62. The van der Waals surface area contributed by atoms with E-state index in [2.05, 4.69) is 15.0 Å². The summed E-state index contributed by atoms with van der Waals surface area (Å²) < 4.78 is 4.67. The number of benzene rings is 2. The molecule has 0 saturated carbocycles. The van der Waals surface area contributed by atoms with Crippen LogP contribution >= 0.6 is 0 Å². The van der Waals surface area contributed by atoms with Crippen molar-refractivity contribution < 1.29 is 14.3 Å². The Morgan fingerprint density at radius 2 is 1.76 bits per heavy atom. The molecule has 3 aromatic rings. The van der Waals surface area contributed by atoms with E-state index in [0.717, 1.165) is 10.9 Å². The van der Waals surface area contributed by atoms with Crippen molar-refractivity contribution in [3.05, 3.63) is 66.4 Å². The highest BCUT2D eigenvalue weighted by Gasteiger charge is 2.12. The predicted octanol–water partition coefficient (Wildman–Crippen LogP) is 3.69. The fourth-order valence-electron chi connectivity index (χ4n) is 2.50. The number of hydrogen-bond acceptors (Lipinski definition) is 4. The number of nitrogens with one attached hydrogen (secondary N) is 1. The van der Waals surface area contributed by atoms with Gasteiger partial charge >= 0.3 is 6.09 Å². The minimum absolute atomic E-state index is 0.215. The van der Waals surface area contributed by atoms with E-state index < -0.39 is 6.09 Å². The van der Waals surface area contributed by atoms with E-state index in [-0.39, 0.29) is 5.91 Å². The molecule has 0 atom stereocenters. The van der Waals surface area contributed by atoms with E-state index in [9.17, 15) is 9.59 Å². The Kier molecular flexibility index (Phi) is 4.61. The second-order valence-electron chi connectivity index (χ2n) is 5.41. The Balaban J connectivity index is 1.80. The zero-order chi connectivity index (χ0) is 17.8. The number of carbonyl (C=O) groups is 2. The maximum Gasteiger partial charge on any atom is 0.413 e. The van der Waals surface area contributed by atoms with Gasteiger partial charge in [-0.3, -0.25) is 14.7 Å². The van der Waals surface area contributed by atoms with E-state index in [4.69, 9.17) is 0 Å². The number of para-hydroxylation sites is 1. The predicted molar refractivity (Wildman–Crippen MR) is 96.9 cm³/mol. The van der Waals surface area contributed by atoms with Gasteiger partial charge in [-0.1, -0.05) is 18.2 Å². The van der Waals surface area contributed by atoms with Crippen LogP contribution in [0.25, 0.3) is 10.9 Å². The summed E-state index contributed by atoms with van der Waals surface area (Å²) in [6.45, 7) is 0. The number of aromatic nitrogens is 1. The van der Waals surface area contributed by atoms with E-state index in [1.54, 1.807) is 43.6 Å². The van der Waals surface area contributed by atoms with Crippen LogP contribution in [0.3, 0.4) is 0 Å². The number of anilines is 2. The van der Waals surface area contributed by atoms with Crippen molar-refractivity contribution in [3.63, 3.8) is 0 Å². The number of carbonyl (C=O) groups excluding carboxylic acids is 2. The number of hydrogen-bond donors (Lipinski definition) is 1. The molecule has 0 aliphatic carbocycles. The van der Waals surface area contributed by atoms with E-state index in [0.29, 0.717) is 16.9 Å². The van der Waals surface area contributed by atoms with Gasteiger partial charge in [-0.05, 0) is 36.4 Å². The molecule has 2 amide bonds. The summed E-state index contributed by atoms with van der Waals surface area (Å²) in [5.74, 6) is -0.215. The first-order valence-corrected chi connectivity index (χ1v) is 7.67. The second kappa shape index (κ2) is 7.00. The average molecular weight is 335 g/mol. The van der Waals surface area contributed by atoms with Gasteiger partial charge in [-0.25, -0.2) is 4.79 Å². The third-order valence-corrected chi connectivity index (χ3v) is 3.85. The van der Waals surface area contributed by atoms with Gasteiger partial charge in [-0.15, -0.1) is 0 Å². The largest absolute Gasteiger partial charge is 0.452 e. The molecule has 1 aromatic heterocycles. The van der Waals surface area contributed by atoms with Crippen LogP contribution in [0.1, 0.15) is 10.4 Å². The van der Waals surface area contributed by atoms with Crippen LogP contribution in [0.4, 0.5) is 16.2 Å². The van der Waals surface area contributed by atoms with Crippen LogP contribution < -0.4 is 10.2 Å². The third kappa shape index (κ3) is 3.42. The maximum atomic E-state index is 12.6. The first kappa shape index (κ1) is 16.4. The molecule has 1 N–H and O–H groups in total. The highest BCUT2D eigenvalue weighted by molar-refractivity contribution is 6.12. The number of nitrogens with zero attached hydrogens (tertiary/aromatic N) is 2. The smallest absolute Gasteiger partial charge is 0.413 e. The standard InChI is InChI=1S/C19H17N3O3/c1-22(19(24)25-2)14-9-7-13(8-10-14)21-18(23)16-11-12-20-17-6-4-3-5-15(16)17/h3-12H,1-2H3,(H,21,23). The topological polar surface area (TPSA) is 71.5 Å². The number of fused-ring (bicyclic) bond motifs is 1. The lowest BCUT2D eigenvalue weighted by atomic mass is 10.1. The molecule has 0 fully saturated rings. The second-order valence-corrected chi connectivity index (χ2v) is 5.41. The average Bonchev–Trinajstić information content (AvgIpc) is 2.66. The van der Waals surface area contributed by atoms with Gasteiger partial charge in [0.25, 0.3) is 5.91 Å². The molecule has 126 valence electrons. The lowest BCUT2D eigenvalue weighted by Gasteiger charge is -2.16. The van der Waals surface area contributed by atoms with Crippen molar-refractivity contribution in [2.24, 2.45) is 0 Å². The normalized spacial score (nSPS) is 10.3. The SMILES string of the molecule is COC(=O)N(C)c1ccc(NC(=O)c2ccnc3ccccc23)cc1. The molecule has 0 spiro atoms. The number of amides is 2. The molecule has 6 nitrogen and oxygen atoms in total. The zero-order valence-electron chi connectivity index (χ0n) is 13.9. The first-order valence-electron chi connectivity index (χ1n) is 7.67. The van der Waals surface area contributed by atoms with Crippen molar-refractivity contribution in [2.75, 3.05) is 24.4 Å². The lowest BCUT2D eigenvalue weighted by Crippen LogP contribution is -2.25. The molecule has 0 unspecified atom stereocenters. The molecule has 25 heavy (non-hydrogen) atoms. The van der Waals surface area contributed by atoms with Crippen LogP contribution in [-0.4, -0.2) is 31.1 Å². The zero-order valence-corrected chi connectivity index (χ0v) is 13.9. The lowest BCUT2D eigenvalue weighted by molar-refractivity contribution is 0.102. The van der Waals surface area contributed by atoms with Gasteiger partial charge in [0.15, 0.2) is 0 Å². The molecular formula is C19H17N3O3. The van der Waals surface area contributed by atoms with Gasteiger partial charge in [0, 0.05) is 30.0 Å². The van der Waals surface area contributed by atoms with Gasteiger partial charge in [-0.2, -0.15) is 0 Å². The third-order valence-electron chi connectivity index (χ3n) is 3.85. The van der Waals surface area contributed by atoms with E-state index >= 15 is 0 Å². The van der Waals surface area contributed by atoms with Crippen molar-refractivity contribution in [1.82, 2.24) is 4.98 Å². The van der Waals surface area contributed by atoms with Gasteiger partial charge in [0.2, 0.25) is 0 Å². The molecule has 0 aliphatic heterocycles. The monoisotopic (exact) mass is 335 g/mol. The highest BCUT2D eigenvalue weighted by Crippen LogP contribution is 2.20. The molecule has 2 aromatic carbocycles. The Bertz CT molecular complexity index is 917. The molecule has 0 aliphatic rings. The summed E-state index contributed by atoms with van der Waals surface area (Å²) in [5, 5.41) is 3.65. The minimum atomic E-state index is -0.458. The quantitative estimate of drug-likeness (QED) is 0.792. The van der Waals surface area contributed by atoms with Crippen molar-refractivity contribution in [2.45, 2.75) is 0 Å². The number of ether oxygens (including phenoxy) is 1. The first-order chi connectivity index (χ1) is 12.1. The molecule has 6 heteroatoms. The number of methoxy groups -OCH3 is 1. The Hall–Kier alpha value is -3.41. The molecule has 0 radical (unpaired) electrons. The van der Waals surface area contributed by atoms with Crippen LogP contribution in [0.2, 0.25) is 0 Å². The fraction of sp³-hybridized carbons (Fsp3) is 0.105. The van der Waals surface area contributed by atoms with Crippen LogP contribution in [0, 0.1) is 0 Å². The molecule has 3 rings (SSSR count). The van der Waals surface area contributed by atoms with Crippen LogP contribution in [-0.2, 0) is 4.74 Å². The van der Waals surface area contributed by atoms with Crippen molar-refractivity contribution >= 4 is 34.3 Å². The maximum absolute atomic E-state index is 12.6. The Morgan fingerprint density at radius 1 is 1.04 bits per heavy atom. The van der Waals surface area contributed by atoms with Gasteiger partial charge < -0.3 is 10.1 Å². The number of pyridine rings is 1. The highest BCUT2D eigenvalue weighted by atomic mass is 16.5. The molecular weight excluding hydrogens is 318 g/mol. The summed E-state index contributed by atoms with van der Waals surface area (Å²) in [6, 6.07) is 16.1. The fourth-order valence-corrected chi connectivity index (χ4v) is 2.50. The Labute approximate surface area is 145 Å². The van der Waals surface area contributed by atoms with E-state index in [1.165, 1.54) is 12.0 Å². The van der Waals surface area contributed by atoms with Crippen LogP contribution in [0.15, 0.2) is 60.8 Å². The van der Waals surface area contributed by atoms with E-state index in [1.807, 2.05) is 24.3 Å². The molecule has 1 heterocycles. The van der Waals surface area contributed by atoms with Crippen molar-refractivity contribution in [1.29, 1.82) is 0 Å². The molecule has 0 bridgehead atoms.